The maximum absolute atomic E-state index is 10.4. The number of aliphatic hydroxyl groups is 1. The molecule has 2 atom stereocenters. The fourth-order valence-electron chi connectivity index (χ4n) is 3.19. The SMILES string of the molecule is CCn1cc(O[C@@H]2CN(Cc3ncnn3-c3ccccc3)C[C@H]2O)cn1. The first-order valence-electron chi connectivity index (χ1n) is 8.77. The molecule has 0 amide bonds. The number of hydrogen-bond donors (Lipinski definition) is 1. The van der Waals surface area contributed by atoms with E-state index in [1.165, 1.54) is 0 Å². The number of aryl methyl sites for hydroxylation is 1. The van der Waals surface area contributed by atoms with Gasteiger partial charge in [0.25, 0.3) is 0 Å². The summed E-state index contributed by atoms with van der Waals surface area (Å²) in [6, 6.07) is 9.91. The topological polar surface area (TPSA) is 81.2 Å². The highest BCUT2D eigenvalue weighted by atomic mass is 16.5. The van der Waals surface area contributed by atoms with Crippen LogP contribution < -0.4 is 4.74 Å². The summed E-state index contributed by atoms with van der Waals surface area (Å²) >= 11 is 0. The number of aliphatic hydroxyl groups excluding tert-OH is 1. The van der Waals surface area contributed by atoms with Crippen molar-refractivity contribution in [2.24, 2.45) is 0 Å². The highest BCUT2D eigenvalue weighted by Gasteiger charge is 2.34. The molecule has 3 heterocycles. The van der Waals surface area contributed by atoms with Gasteiger partial charge in [-0.1, -0.05) is 18.2 Å². The van der Waals surface area contributed by atoms with Crippen LogP contribution in [0.1, 0.15) is 12.7 Å². The van der Waals surface area contributed by atoms with Crippen LogP contribution in [0.25, 0.3) is 5.69 Å². The van der Waals surface area contributed by atoms with Crippen molar-refractivity contribution in [3.05, 3.63) is 54.9 Å². The molecule has 3 aromatic rings. The van der Waals surface area contributed by atoms with Gasteiger partial charge in [-0.3, -0.25) is 9.58 Å². The van der Waals surface area contributed by atoms with E-state index in [0.717, 1.165) is 18.1 Å². The summed E-state index contributed by atoms with van der Waals surface area (Å²) in [6.45, 7) is 4.57. The van der Waals surface area contributed by atoms with Crippen molar-refractivity contribution in [3.8, 4) is 11.4 Å². The van der Waals surface area contributed by atoms with Crippen molar-refractivity contribution in [2.75, 3.05) is 13.1 Å². The summed E-state index contributed by atoms with van der Waals surface area (Å²) in [5, 5.41) is 18.9. The van der Waals surface area contributed by atoms with Gasteiger partial charge in [-0.2, -0.15) is 10.2 Å². The zero-order valence-corrected chi connectivity index (χ0v) is 14.6. The Balaban J connectivity index is 1.42. The summed E-state index contributed by atoms with van der Waals surface area (Å²) < 4.78 is 9.54. The normalized spacial score (nSPS) is 20.5. The second-order valence-corrected chi connectivity index (χ2v) is 6.37. The van der Waals surface area contributed by atoms with Gasteiger partial charge in [0.05, 0.1) is 24.6 Å². The van der Waals surface area contributed by atoms with Gasteiger partial charge in [0, 0.05) is 19.6 Å². The zero-order chi connectivity index (χ0) is 17.9. The molecule has 2 aromatic heterocycles. The molecule has 8 nitrogen and oxygen atoms in total. The Hall–Kier alpha value is -2.71. The highest BCUT2D eigenvalue weighted by molar-refractivity contribution is 5.30. The largest absolute Gasteiger partial charge is 0.483 e. The van der Waals surface area contributed by atoms with E-state index in [2.05, 4.69) is 20.1 Å². The summed E-state index contributed by atoms with van der Waals surface area (Å²) in [4.78, 5) is 6.51. The molecule has 8 heteroatoms. The number of ether oxygens (including phenoxy) is 1. The number of benzene rings is 1. The van der Waals surface area contributed by atoms with E-state index >= 15 is 0 Å². The number of para-hydroxylation sites is 1. The third-order valence-electron chi connectivity index (χ3n) is 4.52. The quantitative estimate of drug-likeness (QED) is 0.714. The number of nitrogens with zero attached hydrogens (tertiary/aromatic N) is 6. The molecule has 1 aromatic carbocycles. The fourth-order valence-corrected chi connectivity index (χ4v) is 3.19. The number of β-amino-alcohol motifs (C(OH)–C–C–N with tert-alkyl or cyclic N) is 1. The fraction of sp³-hybridized carbons (Fsp3) is 0.389. The maximum atomic E-state index is 10.4. The lowest BCUT2D eigenvalue weighted by atomic mass is 10.3. The highest BCUT2D eigenvalue weighted by Crippen LogP contribution is 2.20. The van der Waals surface area contributed by atoms with Gasteiger partial charge in [0.1, 0.15) is 24.4 Å². The molecule has 26 heavy (non-hydrogen) atoms. The Labute approximate surface area is 151 Å². The van der Waals surface area contributed by atoms with Gasteiger partial charge in [-0.05, 0) is 19.1 Å². The van der Waals surface area contributed by atoms with Crippen molar-refractivity contribution in [3.63, 3.8) is 0 Å². The standard InChI is InChI=1S/C18H22N6O2/c1-2-23-9-15(8-20-23)26-17-11-22(10-16(17)25)12-18-19-13-21-24(18)14-6-4-3-5-7-14/h3-9,13,16-17,25H,2,10-12H2,1H3/t16-,17-/m1/s1. The van der Waals surface area contributed by atoms with Crippen LogP contribution in [0, 0.1) is 0 Å². The molecular formula is C18H22N6O2. The lowest BCUT2D eigenvalue weighted by Crippen LogP contribution is -2.29. The van der Waals surface area contributed by atoms with E-state index < -0.39 is 6.10 Å². The third-order valence-corrected chi connectivity index (χ3v) is 4.52. The summed E-state index contributed by atoms with van der Waals surface area (Å²) in [6.07, 6.45) is 4.26. The molecular weight excluding hydrogens is 332 g/mol. The van der Waals surface area contributed by atoms with E-state index in [0.29, 0.717) is 25.4 Å². The predicted molar refractivity (Wildman–Crippen MR) is 95.0 cm³/mol. The van der Waals surface area contributed by atoms with Crippen molar-refractivity contribution in [1.82, 2.24) is 29.4 Å². The van der Waals surface area contributed by atoms with E-state index in [9.17, 15) is 5.11 Å². The average Bonchev–Trinajstić information content (AvgIpc) is 3.38. The smallest absolute Gasteiger partial charge is 0.157 e. The van der Waals surface area contributed by atoms with Crippen LogP contribution in [-0.2, 0) is 13.1 Å². The van der Waals surface area contributed by atoms with E-state index in [-0.39, 0.29) is 6.10 Å². The van der Waals surface area contributed by atoms with Crippen molar-refractivity contribution >= 4 is 0 Å². The lowest BCUT2D eigenvalue weighted by Gasteiger charge is -2.16. The molecule has 1 aliphatic rings. The molecule has 1 fully saturated rings. The first kappa shape index (κ1) is 16.7. The lowest BCUT2D eigenvalue weighted by molar-refractivity contribution is 0.0736. The molecule has 0 spiro atoms. The monoisotopic (exact) mass is 354 g/mol. The zero-order valence-electron chi connectivity index (χ0n) is 14.6. The number of hydrogen-bond acceptors (Lipinski definition) is 6. The molecule has 0 bridgehead atoms. The van der Waals surface area contributed by atoms with Gasteiger partial charge in [0.15, 0.2) is 5.75 Å². The third kappa shape index (κ3) is 3.47. The second kappa shape index (κ2) is 7.27. The summed E-state index contributed by atoms with van der Waals surface area (Å²) in [7, 11) is 0. The Morgan fingerprint density at radius 3 is 2.81 bits per heavy atom. The minimum Gasteiger partial charge on any atom is -0.483 e. The van der Waals surface area contributed by atoms with Crippen LogP contribution in [0.15, 0.2) is 49.1 Å². The summed E-state index contributed by atoms with van der Waals surface area (Å²) in [5.41, 5.74) is 0.972. The van der Waals surface area contributed by atoms with Crippen LogP contribution in [0.2, 0.25) is 0 Å². The Morgan fingerprint density at radius 1 is 1.19 bits per heavy atom. The van der Waals surface area contributed by atoms with Crippen LogP contribution in [0.5, 0.6) is 5.75 Å². The maximum Gasteiger partial charge on any atom is 0.157 e. The molecule has 1 saturated heterocycles. The van der Waals surface area contributed by atoms with Gasteiger partial charge in [-0.15, -0.1) is 0 Å². The van der Waals surface area contributed by atoms with Crippen molar-refractivity contribution < 1.29 is 9.84 Å². The van der Waals surface area contributed by atoms with Crippen molar-refractivity contribution in [2.45, 2.75) is 32.2 Å². The molecule has 1 aliphatic heterocycles. The van der Waals surface area contributed by atoms with E-state index in [1.807, 2.05) is 48.1 Å². The first-order chi connectivity index (χ1) is 12.7. The van der Waals surface area contributed by atoms with E-state index in [1.54, 1.807) is 17.2 Å². The van der Waals surface area contributed by atoms with Crippen LogP contribution in [0.3, 0.4) is 0 Å². The predicted octanol–water partition coefficient (Wildman–Crippen LogP) is 1.11. The first-order valence-corrected chi connectivity index (χ1v) is 8.77. The van der Waals surface area contributed by atoms with Gasteiger partial charge >= 0.3 is 0 Å². The van der Waals surface area contributed by atoms with Crippen LogP contribution in [0.4, 0.5) is 0 Å². The number of aromatic nitrogens is 5. The van der Waals surface area contributed by atoms with E-state index in [4.69, 9.17) is 4.74 Å². The van der Waals surface area contributed by atoms with Gasteiger partial charge in [0.2, 0.25) is 0 Å². The summed E-state index contributed by atoms with van der Waals surface area (Å²) in [5.74, 6) is 1.52. The van der Waals surface area contributed by atoms with Crippen molar-refractivity contribution in [1.29, 1.82) is 0 Å². The molecule has 136 valence electrons. The molecule has 0 aliphatic carbocycles. The van der Waals surface area contributed by atoms with Gasteiger partial charge < -0.3 is 9.84 Å². The Kier molecular flexibility index (Phi) is 4.68. The molecule has 0 saturated carbocycles. The molecule has 4 rings (SSSR count). The number of likely N-dealkylation sites (tertiary alicyclic amines) is 1. The minimum absolute atomic E-state index is 0.280. The average molecular weight is 354 g/mol. The Morgan fingerprint density at radius 2 is 2.04 bits per heavy atom. The van der Waals surface area contributed by atoms with Crippen LogP contribution >= 0.6 is 0 Å². The minimum atomic E-state index is -0.548. The van der Waals surface area contributed by atoms with Crippen LogP contribution in [-0.4, -0.2) is 59.8 Å². The molecule has 0 radical (unpaired) electrons. The molecule has 1 N–H and O–H groups in total. The molecule has 0 unspecified atom stereocenters. The van der Waals surface area contributed by atoms with Gasteiger partial charge in [-0.25, -0.2) is 9.67 Å². The Bertz CT molecular complexity index is 846. The second-order valence-electron chi connectivity index (χ2n) is 6.37. The number of rotatable bonds is 6.